The summed E-state index contributed by atoms with van der Waals surface area (Å²) in [6.45, 7) is 13.2. The number of aromatic nitrogens is 2. The number of allylic oxidation sites excluding steroid dienone is 2. The maximum Gasteiger partial charge on any atom is 0.105 e. The second-order valence-electron chi connectivity index (χ2n) is 7.79. The van der Waals surface area contributed by atoms with Crippen molar-refractivity contribution in [3.8, 4) is 0 Å². The summed E-state index contributed by atoms with van der Waals surface area (Å²) >= 11 is 6.39. The van der Waals surface area contributed by atoms with Crippen molar-refractivity contribution in [1.29, 1.82) is 0 Å². The molecule has 0 bridgehead atoms. The van der Waals surface area contributed by atoms with E-state index in [1.54, 1.807) is 6.20 Å². The van der Waals surface area contributed by atoms with E-state index in [1.807, 2.05) is 25.4 Å². The van der Waals surface area contributed by atoms with Crippen molar-refractivity contribution in [2.45, 2.75) is 32.2 Å². The molecule has 1 aliphatic carbocycles. The lowest BCUT2D eigenvalue weighted by Crippen LogP contribution is -2.34. The molecule has 5 heteroatoms. The van der Waals surface area contributed by atoms with E-state index in [0.29, 0.717) is 12.5 Å². The minimum atomic E-state index is 0.188. The highest BCUT2D eigenvalue weighted by atomic mass is 35.5. The van der Waals surface area contributed by atoms with Crippen molar-refractivity contribution in [2.75, 3.05) is 13.1 Å². The number of aliphatic imine (C=N–C) groups is 1. The van der Waals surface area contributed by atoms with E-state index in [9.17, 15) is 0 Å². The van der Waals surface area contributed by atoms with E-state index >= 15 is 0 Å². The van der Waals surface area contributed by atoms with Gasteiger partial charge in [0.2, 0.25) is 0 Å². The summed E-state index contributed by atoms with van der Waals surface area (Å²) in [5.41, 5.74) is 5.57. The van der Waals surface area contributed by atoms with Gasteiger partial charge < -0.3 is 9.88 Å². The van der Waals surface area contributed by atoms with Crippen molar-refractivity contribution in [3.05, 3.63) is 83.1 Å². The Balaban J connectivity index is 1.85. The number of hydrogen-bond acceptors (Lipinski definition) is 3. The van der Waals surface area contributed by atoms with E-state index in [4.69, 9.17) is 16.6 Å². The number of imidazole rings is 1. The van der Waals surface area contributed by atoms with Crippen LogP contribution in [0.1, 0.15) is 35.7 Å². The van der Waals surface area contributed by atoms with Crippen LogP contribution in [0, 0.1) is 12.8 Å². The zero-order valence-corrected chi connectivity index (χ0v) is 17.6. The smallest absolute Gasteiger partial charge is 0.105 e. The number of hydrogen-bond donors (Lipinski definition) is 1. The van der Waals surface area contributed by atoms with Crippen LogP contribution in [0.3, 0.4) is 0 Å². The number of nitrogens with one attached hydrogen (secondary N) is 1. The third-order valence-corrected chi connectivity index (χ3v) is 6.29. The number of aryl methyl sites for hydroxylation is 1. The number of rotatable bonds is 4. The second kappa shape index (κ2) is 8.52. The maximum atomic E-state index is 6.39. The summed E-state index contributed by atoms with van der Waals surface area (Å²) in [7, 11) is 0. The molecule has 0 amide bonds. The molecule has 29 heavy (non-hydrogen) atoms. The van der Waals surface area contributed by atoms with E-state index < -0.39 is 0 Å². The van der Waals surface area contributed by atoms with Gasteiger partial charge in [-0.05, 0) is 79.3 Å². The largest absolute Gasteiger partial charge is 0.331 e. The van der Waals surface area contributed by atoms with Crippen molar-refractivity contribution in [2.24, 2.45) is 10.9 Å². The second-order valence-corrected chi connectivity index (χ2v) is 8.22. The molecule has 1 unspecified atom stereocenters. The van der Waals surface area contributed by atoms with Gasteiger partial charge in [-0.25, -0.2) is 4.98 Å². The predicted molar refractivity (Wildman–Crippen MR) is 121 cm³/mol. The summed E-state index contributed by atoms with van der Waals surface area (Å²) in [6, 6.07) is 6.22. The Hall–Kier alpha value is -2.43. The third-order valence-electron chi connectivity index (χ3n) is 6.05. The molecular weight excluding hydrogens is 380 g/mol. The number of nitrogens with zero attached hydrogens (tertiary/aromatic N) is 3. The molecule has 2 heterocycles. The number of piperidine rings is 1. The van der Waals surface area contributed by atoms with Crippen LogP contribution in [0.25, 0.3) is 6.08 Å². The molecule has 0 radical (unpaired) electrons. The maximum absolute atomic E-state index is 6.39. The molecule has 150 valence electrons. The molecule has 2 aliphatic rings. The first kappa shape index (κ1) is 19.9. The quantitative estimate of drug-likeness (QED) is 0.761. The van der Waals surface area contributed by atoms with Crippen LogP contribution < -0.4 is 5.32 Å². The summed E-state index contributed by atoms with van der Waals surface area (Å²) in [6.07, 6.45) is 9.94. The van der Waals surface area contributed by atoms with Crippen LogP contribution in [0.4, 0.5) is 0 Å². The fraction of sp³-hybridized carbons (Fsp3) is 0.333. The van der Waals surface area contributed by atoms with Crippen LogP contribution in [-0.4, -0.2) is 28.4 Å². The monoisotopic (exact) mass is 406 g/mol. The fourth-order valence-corrected chi connectivity index (χ4v) is 4.72. The van der Waals surface area contributed by atoms with Crippen molar-refractivity contribution >= 4 is 23.4 Å². The van der Waals surface area contributed by atoms with Crippen LogP contribution in [0.2, 0.25) is 5.02 Å². The normalized spacial score (nSPS) is 21.6. The van der Waals surface area contributed by atoms with Crippen molar-refractivity contribution < 1.29 is 0 Å². The van der Waals surface area contributed by atoms with Gasteiger partial charge in [0.15, 0.2) is 0 Å². The molecule has 4 rings (SSSR count). The molecule has 2 aromatic rings. The molecule has 0 spiro atoms. The Labute approximate surface area is 177 Å². The Bertz CT molecular complexity index is 992. The Morgan fingerprint density at radius 2 is 2.14 bits per heavy atom. The van der Waals surface area contributed by atoms with E-state index in [2.05, 4.69) is 46.2 Å². The van der Waals surface area contributed by atoms with Gasteiger partial charge in [-0.15, -0.1) is 0 Å². The first-order chi connectivity index (χ1) is 14.1. The zero-order chi connectivity index (χ0) is 20.4. The van der Waals surface area contributed by atoms with Crippen LogP contribution in [0.15, 0.2) is 66.1 Å². The fourth-order valence-electron chi connectivity index (χ4n) is 4.53. The van der Waals surface area contributed by atoms with Gasteiger partial charge in [0, 0.05) is 36.1 Å². The zero-order valence-electron chi connectivity index (χ0n) is 16.9. The van der Waals surface area contributed by atoms with Crippen LogP contribution in [-0.2, 0) is 6.54 Å². The lowest BCUT2D eigenvalue weighted by Gasteiger charge is -2.32. The number of halogens is 1. The minimum absolute atomic E-state index is 0.188. The molecule has 1 aliphatic heterocycles. The highest BCUT2D eigenvalue weighted by Gasteiger charge is 2.34. The van der Waals surface area contributed by atoms with Crippen molar-refractivity contribution in [3.63, 3.8) is 0 Å². The topological polar surface area (TPSA) is 42.2 Å². The molecule has 1 N–H and O–H groups in total. The summed E-state index contributed by atoms with van der Waals surface area (Å²) in [4.78, 5) is 9.13. The Kier molecular flexibility index (Phi) is 5.84. The third kappa shape index (κ3) is 4.00. The lowest BCUT2D eigenvalue weighted by molar-refractivity contribution is 0.357. The average Bonchev–Trinajstić information content (AvgIpc) is 3.08. The SMILES string of the molecule is C=CN=C1C(=C)C(Cn2ccnc2C)=Cc2cc(Cl)ccc2C1C1CCNCC1. The lowest BCUT2D eigenvalue weighted by atomic mass is 9.75. The molecule has 4 nitrogen and oxygen atoms in total. The van der Waals surface area contributed by atoms with Gasteiger partial charge in [-0.1, -0.05) is 30.8 Å². The van der Waals surface area contributed by atoms with Gasteiger partial charge in [0.25, 0.3) is 0 Å². The van der Waals surface area contributed by atoms with Gasteiger partial charge in [-0.3, -0.25) is 4.99 Å². The predicted octanol–water partition coefficient (Wildman–Crippen LogP) is 5.17. The van der Waals surface area contributed by atoms with Crippen molar-refractivity contribution in [1.82, 2.24) is 14.9 Å². The molecule has 1 saturated heterocycles. The Morgan fingerprint density at radius 1 is 1.34 bits per heavy atom. The molecule has 1 fully saturated rings. The first-order valence-electron chi connectivity index (χ1n) is 10.1. The average molecular weight is 407 g/mol. The van der Waals surface area contributed by atoms with Crippen LogP contribution in [0.5, 0.6) is 0 Å². The summed E-state index contributed by atoms with van der Waals surface area (Å²) < 4.78 is 2.14. The molecule has 1 aromatic heterocycles. The van der Waals surface area contributed by atoms with E-state index in [0.717, 1.165) is 59.2 Å². The van der Waals surface area contributed by atoms with Crippen LogP contribution >= 0.6 is 11.6 Å². The summed E-state index contributed by atoms with van der Waals surface area (Å²) in [5, 5.41) is 4.23. The summed E-state index contributed by atoms with van der Waals surface area (Å²) in [5.74, 6) is 1.67. The number of fused-ring (bicyclic) bond motifs is 1. The van der Waals surface area contributed by atoms with Gasteiger partial charge in [0.1, 0.15) is 5.82 Å². The molecule has 1 aromatic carbocycles. The molecular formula is C24H27ClN4. The highest BCUT2D eigenvalue weighted by molar-refractivity contribution is 6.30. The van der Waals surface area contributed by atoms with Gasteiger partial charge >= 0.3 is 0 Å². The van der Waals surface area contributed by atoms with Gasteiger partial charge in [0.05, 0.1) is 5.71 Å². The number of benzene rings is 1. The van der Waals surface area contributed by atoms with E-state index in [1.165, 1.54) is 5.56 Å². The molecule has 0 saturated carbocycles. The highest BCUT2D eigenvalue weighted by Crippen LogP contribution is 2.41. The van der Waals surface area contributed by atoms with Gasteiger partial charge in [-0.2, -0.15) is 0 Å². The molecule has 1 atom stereocenters. The Morgan fingerprint density at radius 3 is 2.83 bits per heavy atom. The first-order valence-corrected chi connectivity index (χ1v) is 10.5. The minimum Gasteiger partial charge on any atom is -0.331 e. The standard InChI is InChI=1S/C24H27ClN4/c1-4-27-24-16(2)20(15-29-12-11-28-17(29)3)13-19-14-21(25)5-6-22(19)23(24)18-7-9-26-10-8-18/h4-6,11-14,18,23,26H,1-2,7-10,15H2,3H3. The van der Waals surface area contributed by atoms with E-state index in [-0.39, 0.29) is 5.92 Å².